The Balaban J connectivity index is 1.84. The normalized spacial score (nSPS) is 10.1. The van der Waals surface area contributed by atoms with E-state index in [1.54, 1.807) is 31.4 Å². The number of carbonyl (C=O) groups excluding carboxylic acids is 2. The number of halogens is 1. The maximum absolute atomic E-state index is 12.9. The molecule has 0 fully saturated rings. The number of rotatable bonds is 7. The lowest BCUT2D eigenvalue weighted by molar-refractivity contribution is 0.0946. The van der Waals surface area contributed by atoms with Crippen LogP contribution in [0.2, 0.25) is 0 Å². The van der Waals surface area contributed by atoms with E-state index in [0.717, 1.165) is 6.42 Å². The van der Waals surface area contributed by atoms with Crippen molar-refractivity contribution in [2.75, 3.05) is 25.6 Å². The Morgan fingerprint density at radius 2 is 1.59 bits per heavy atom. The van der Waals surface area contributed by atoms with E-state index in [0.29, 0.717) is 30.0 Å². The van der Waals surface area contributed by atoms with E-state index in [2.05, 4.69) is 16.0 Å². The second-order valence-electron chi connectivity index (χ2n) is 5.59. The summed E-state index contributed by atoms with van der Waals surface area (Å²) >= 11 is 5.10. The first-order valence-corrected chi connectivity index (χ1v) is 8.65. The average Bonchev–Trinajstić information content (AvgIpc) is 2.66. The van der Waals surface area contributed by atoms with Gasteiger partial charge in [-0.25, -0.2) is 4.39 Å². The molecule has 6 nitrogen and oxygen atoms in total. The highest BCUT2D eigenvalue weighted by Gasteiger charge is 2.09. The molecular weight excluding hydrogens is 369 g/mol. The number of carbonyl (C=O) groups is 2. The first-order chi connectivity index (χ1) is 13.0. The van der Waals surface area contributed by atoms with Crippen LogP contribution in [0.25, 0.3) is 0 Å². The van der Waals surface area contributed by atoms with Crippen LogP contribution in [-0.2, 0) is 4.74 Å². The zero-order valence-electron chi connectivity index (χ0n) is 14.8. The molecule has 2 amide bonds. The van der Waals surface area contributed by atoms with E-state index in [4.69, 9.17) is 17.0 Å². The van der Waals surface area contributed by atoms with E-state index in [-0.39, 0.29) is 11.0 Å². The summed E-state index contributed by atoms with van der Waals surface area (Å²) in [4.78, 5) is 24.0. The first-order valence-electron chi connectivity index (χ1n) is 8.24. The minimum absolute atomic E-state index is 0.0982. The van der Waals surface area contributed by atoms with Crippen LogP contribution in [0.15, 0.2) is 48.5 Å². The third kappa shape index (κ3) is 6.76. The number of thiocarbonyl (C=S) groups is 1. The number of hydrogen-bond acceptors (Lipinski definition) is 4. The van der Waals surface area contributed by atoms with Gasteiger partial charge in [0.25, 0.3) is 11.8 Å². The van der Waals surface area contributed by atoms with Gasteiger partial charge >= 0.3 is 0 Å². The van der Waals surface area contributed by atoms with E-state index in [1.807, 2.05) is 0 Å². The zero-order chi connectivity index (χ0) is 19.6. The highest BCUT2D eigenvalue weighted by Crippen LogP contribution is 2.10. The van der Waals surface area contributed by atoms with Crippen molar-refractivity contribution < 1.29 is 18.7 Å². The topological polar surface area (TPSA) is 79.5 Å². The smallest absolute Gasteiger partial charge is 0.257 e. The summed E-state index contributed by atoms with van der Waals surface area (Å²) in [7, 11) is 1.61. The van der Waals surface area contributed by atoms with E-state index < -0.39 is 11.7 Å². The molecule has 2 rings (SSSR count). The van der Waals surface area contributed by atoms with Gasteiger partial charge in [-0.2, -0.15) is 0 Å². The Hall–Kier alpha value is -2.84. The molecule has 0 bridgehead atoms. The Labute approximate surface area is 162 Å². The van der Waals surface area contributed by atoms with Gasteiger partial charge in [-0.15, -0.1) is 0 Å². The number of hydrogen-bond donors (Lipinski definition) is 3. The Kier molecular flexibility index (Phi) is 7.84. The molecule has 0 saturated carbocycles. The standard InChI is InChI=1S/C19H20FN3O3S/c1-26-12-2-11-21-17(24)13-5-9-16(10-6-13)22-19(27)23-18(25)14-3-7-15(20)8-4-14/h3-10H,2,11-12H2,1H3,(H,21,24)(H2,22,23,25,27). The van der Waals surface area contributed by atoms with Crippen molar-refractivity contribution in [2.24, 2.45) is 0 Å². The van der Waals surface area contributed by atoms with Crippen molar-refractivity contribution in [1.29, 1.82) is 0 Å². The molecule has 2 aromatic carbocycles. The summed E-state index contributed by atoms with van der Waals surface area (Å²) in [5.41, 5.74) is 1.43. The largest absolute Gasteiger partial charge is 0.385 e. The number of amides is 2. The van der Waals surface area contributed by atoms with Gasteiger partial charge in [0.2, 0.25) is 0 Å². The number of ether oxygens (including phenoxy) is 1. The first kappa shape index (κ1) is 20.5. The van der Waals surface area contributed by atoms with Crippen molar-refractivity contribution >= 4 is 34.8 Å². The zero-order valence-corrected chi connectivity index (χ0v) is 15.6. The van der Waals surface area contributed by atoms with Crippen molar-refractivity contribution in [3.05, 3.63) is 65.5 Å². The van der Waals surface area contributed by atoms with Gasteiger partial charge in [-0.05, 0) is 67.2 Å². The molecule has 142 valence electrons. The average molecular weight is 389 g/mol. The van der Waals surface area contributed by atoms with Crippen LogP contribution in [0.5, 0.6) is 0 Å². The second kappa shape index (κ2) is 10.3. The number of anilines is 1. The Morgan fingerprint density at radius 1 is 1.00 bits per heavy atom. The lowest BCUT2D eigenvalue weighted by Gasteiger charge is -2.10. The van der Waals surface area contributed by atoms with Crippen LogP contribution in [-0.4, -0.2) is 37.2 Å². The summed E-state index contributed by atoms with van der Waals surface area (Å²) in [6.45, 7) is 1.12. The molecular formula is C19H20FN3O3S. The highest BCUT2D eigenvalue weighted by atomic mass is 32.1. The monoisotopic (exact) mass is 389 g/mol. The molecule has 27 heavy (non-hydrogen) atoms. The minimum Gasteiger partial charge on any atom is -0.385 e. The van der Waals surface area contributed by atoms with Crippen molar-refractivity contribution in [3.63, 3.8) is 0 Å². The van der Waals surface area contributed by atoms with Crippen LogP contribution in [0.3, 0.4) is 0 Å². The van der Waals surface area contributed by atoms with Crippen LogP contribution < -0.4 is 16.0 Å². The molecule has 8 heteroatoms. The Bertz CT molecular complexity index is 795. The predicted molar refractivity (Wildman–Crippen MR) is 105 cm³/mol. The molecule has 0 saturated heterocycles. The minimum atomic E-state index is -0.445. The van der Waals surface area contributed by atoms with Crippen molar-refractivity contribution in [2.45, 2.75) is 6.42 Å². The summed E-state index contributed by atoms with van der Waals surface area (Å²) in [5.74, 6) is -1.04. The number of methoxy groups -OCH3 is 1. The summed E-state index contributed by atoms with van der Waals surface area (Å²) in [5, 5.41) is 8.26. The quantitative estimate of drug-likeness (QED) is 0.501. The fourth-order valence-corrected chi connectivity index (χ4v) is 2.37. The fourth-order valence-electron chi connectivity index (χ4n) is 2.16. The van der Waals surface area contributed by atoms with Crippen LogP contribution in [0, 0.1) is 5.82 Å². The maximum atomic E-state index is 12.9. The third-order valence-electron chi connectivity index (χ3n) is 3.55. The molecule has 0 atom stereocenters. The van der Waals surface area contributed by atoms with Gasteiger partial charge in [0.15, 0.2) is 5.11 Å². The van der Waals surface area contributed by atoms with E-state index in [9.17, 15) is 14.0 Å². The summed E-state index contributed by atoms with van der Waals surface area (Å²) in [6.07, 6.45) is 0.740. The van der Waals surface area contributed by atoms with Gasteiger partial charge in [0.05, 0.1) is 0 Å². The van der Waals surface area contributed by atoms with Crippen LogP contribution in [0.4, 0.5) is 10.1 Å². The second-order valence-corrected chi connectivity index (χ2v) is 6.00. The van der Waals surface area contributed by atoms with Crippen molar-refractivity contribution in [3.8, 4) is 0 Å². The molecule has 2 aromatic rings. The van der Waals surface area contributed by atoms with Gasteiger partial charge in [-0.1, -0.05) is 0 Å². The molecule has 0 aliphatic carbocycles. The predicted octanol–water partition coefficient (Wildman–Crippen LogP) is 2.72. The summed E-state index contributed by atoms with van der Waals surface area (Å²) < 4.78 is 17.8. The molecule has 0 radical (unpaired) electrons. The number of nitrogens with one attached hydrogen (secondary N) is 3. The molecule has 0 aromatic heterocycles. The molecule has 0 aliphatic heterocycles. The van der Waals surface area contributed by atoms with Crippen LogP contribution >= 0.6 is 12.2 Å². The maximum Gasteiger partial charge on any atom is 0.257 e. The van der Waals surface area contributed by atoms with Crippen molar-refractivity contribution in [1.82, 2.24) is 10.6 Å². The SMILES string of the molecule is COCCCNC(=O)c1ccc(NC(=S)NC(=O)c2ccc(F)cc2)cc1. The summed E-state index contributed by atoms with van der Waals surface area (Å²) in [6, 6.07) is 11.8. The third-order valence-corrected chi connectivity index (χ3v) is 3.75. The van der Waals surface area contributed by atoms with Crippen LogP contribution in [0.1, 0.15) is 27.1 Å². The van der Waals surface area contributed by atoms with Gasteiger partial charge in [0, 0.05) is 37.1 Å². The molecule has 0 aliphatic rings. The van der Waals surface area contributed by atoms with E-state index in [1.165, 1.54) is 24.3 Å². The lowest BCUT2D eigenvalue weighted by Crippen LogP contribution is -2.34. The molecule has 0 spiro atoms. The Morgan fingerprint density at radius 3 is 2.22 bits per heavy atom. The lowest BCUT2D eigenvalue weighted by atomic mass is 10.2. The number of benzene rings is 2. The van der Waals surface area contributed by atoms with E-state index >= 15 is 0 Å². The van der Waals surface area contributed by atoms with Gasteiger partial charge in [0.1, 0.15) is 5.82 Å². The molecule has 0 unspecified atom stereocenters. The van der Waals surface area contributed by atoms with Gasteiger partial charge < -0.3 is 15.4 Å². The van der Waals surface area contributed by atoms with Gasteiger partial charge in [-0.3, -0.25) is 14.9 Å². The molecule has 0 heterocycles. The fraction of sp³-hybridized carbons (Fsp3) is 0.211. The molecule has 3 N–H and O–H groups in total. The highest BCUT2D eigenvalue weighted by molar-refractivity contribution is 7.80.